The molecule has 0 bridgehead atoms. The second-order valence-corrected chi connectivity index (χ2v) is 7.13. The van der Waals surface area contributed by atoms with Crippen molar-refractivity contribution in [1.29, 1.82) is 0 Å². The summed E-state index contributed by atoms with van der Waals surface area (Å²) in [4.78, 5) is 42.1. The summed E-state index contributed by atoms with van der Waals surface area (Å²) in [5, 5.41) is 9.48. The van der Waals surface area contributed by atoms with Gasteiger partial charge in [0.25, 0.3) is 5.91 Å². The molecule has 4 rings (SSSR count). The Labute approximate surface area is 176 Å². The molecule has 1 aliphatic rings. The first-order valence-electron chi connectivity index (χ1n) is 9.37. The zero-order valence-corrected chi connectivity index (χ0v) is 16.5. The highest BCUT2D eigenvalue weighted by Crippen LogP contribution is 2.29. The molecule has 2 aromatic heterocycles. The third-order valence-electron chi connectivity index (χ3n) is 4.98. The van der Waals surface area contributed by atoms with Crippen LogP contribution >= 0.6 is 0 Å². The van der Waals surface area contributed by atoms with Crippen LogP contribution in [0, 0.1) is 5.82 Å². The van der Waals surface area contributed by atoms with Gasteiger partial charge in [-0.15, -0.1) is 0 Å². The monoisotopic (exact) mass is 423 g/mol. The van der Waals surface area contributed by atoms with E-state index in [2.05, 4.69) is 20.5 Å². The van der Waals surface area contributed by atoms with Crippen LogP contribution in [0.4, 0.5) is 9.18 Å². The van der Waals surface area contributed by atoms with Crippen LogP contribution in [0.15, 0.2) is 54.9 Å². The van der Waals surface area contributed by atoms with Crippen molar-refractivity contribution in [2.75, 3.05) is 6.54 Å². The van der Waals surface area contributed by atoms with Crippen LogP contribution in [0.3, 0.4) is 0 Å². The minimum absolute atomic E-state index is 0.101. The van der Waals surface area contributed by atoms with Gasteiger partial charge in [-0.05, 0) is 42.8 Å². The maximum absolute atomic E-state index is 13.2. The molecule has 3 aromatic rings. The molecule has 1 atom stereocenters. The Balaban J connectivity index is 1.37. The number of amides is 3. The van der Waals surface area contributed by atoms with E-state index in [9.17, 15) is 18.8 Å². The lowest BCUT2D eigenvalue weighted by Gasteiger charge is -2.22. The van der Waals surface area contributed by atoms with Gasteiger partial charge in [0.15, 0.2) is 0 Å². The SMILES string of the molecule is CC1(c2ccc(F)cc2)NC(=O)N(CC(=O)OCc2cc(-c3ccncc3)n[nH]2)C1=O. The molecule has 10 heteroatoms. The first-order chi connectivity index (χ1) is 14.9. The van der Waals surface area contributed by atoms with E-state index >= 15 is 0 Å². The minimum atomic E-state index is -1.39. The minimum Gasteiger partial charge on any atom is -0.458 e. The predicted molar refractivity (Wildman–Crippen MR) is 106 cm³/mol. The largest absolute Gasteiger partial charge is 0.458 e. The van der Waals surface area contributed by atoms with E-state index in [0.29, 0.717) is 17.0 Å². The summed E-state index contributed by atoms with van der Waals surface area (Å²) in [5.74, 6) is -1.84. The van der Waals surface area contributed by atoms with Crippen LogP contribution in [-0.4, -0.2) is 44.5 Å². The summed E-state index contributed by atoms with van der Waals surface area (Å²) in [5.41, 5.74) is 1.08. The summed E-state index contributed by atoms with van der Waals surface area (Å²) in [6.07, 6.45) is 3.28. The number of carbonyl (C=O) groups excluding carboxylic acids is 3. The lowest BCUT2D eigenvalue weighted by atomic mass is 9.92. The number of aromatic nitrogens is 3. The number of pyridine rings is 1. The van der Waals surface area contributed by atoms with Crippen LogP contribution in [0.2, 0.25) is 0 Å². The lowest BCUT2D eigenvalue weighted by molar-refractivity contribution is -0.148. The number of carbonyl (C=O) groups is 3. The predicted octanol–water partition coefficient (Wildman–Crippen LogP) is 2.12. The zero-order chi connectivity index (χ0) is 22.0. The van der Waals surface area contributed by atoms with Crippen molar-refractivity contribution in [1.82, 2.24) is 25.4 Å². The Bertz CT molecular complexity index is 1130. The molecule has 3 heterocycles. The number of nitrogens with one attached hydrogen (secondary N) is 2. The first kappa shape index (κ1) is 20.2. The Kier molecular flexibility index (Phi) is 5.20. The van der Waals surface area contributed by atoms with E-state index < -0.39 is 35.8 Å². The molecular formula is C21H18FN5O4. The third kappa shape index (κ3) is 4.00. The molecular weight excluding hydrogens is 405 g/mol. The van der Waals surface area contributed by atoms with E-state index in [-0.39, 0.29) is 6.61 Å². The number of nitrogens with zero attached hydrogens (tertiary/aromatic N) is 3. The number of imide groups is 1. The molecule has 158 valence electrons. The molecule has 1 saturated heterocycles. The van der Waals surface area contributed by atoms with Crippen molar-refractivity contribution >= 4 is 17.9 Å². The molecule has 0 aliphatic carbocycles. The van der Waals surface area contributed by atoms with Crippen LogP contribution in [0.25, 0.3) is 11.3 Å². The second-order valence-electron chi connectivity index (χ2n) is 7.13. The fourth-order valence-corrected chi connectivity index (χ4v) is 3.26. The van der Waals surface area contributed by atoms with Crippen LogP contribution in [0.1, 0.15) is 18.2 Å². The van der Waals surface area contributed by atoms with Crippen molar-refractivity contribution in [3.05, 3.63) is 71.9 Å². The highest BCUT2D eigenvalue weighted by molar-refractivity contribution is 6.08. The van der Waals surface area contributed by atoms with E-state index in [1.165, 1.54) is 31.2 Å². The number of rotatable bonds is 6. The highest BCUT2D eigenvalue weighted by atomic mass is 19.1. The number of benzene rings is 1. The number of ether oxygens (including phenoxy) is 1. The fraction of sp³-hybridized carbons (Fsp3) is 0.190. The molecule has 1 fully saturated rings. The number of aromatic amines is 1. The fourth-order valence-electron chi connectivity index (χ4n) is 3.26. The first-order valence-corrected chi connectivity index (χ1v) is 9.37. The topological polar surface area (TPSA) is 117 Å². The van der Waals surface area contributed by atoms with Crippen LogP contribution in [0.5, 0.6) is 0 Å². The van der Waals surface area contributed by atoms with Gasteiger partial charge >= 0.3 is 12.0 Å². The molecule has 1 aliphatic heterocycles. The third-order valence-corrected chi connectivity index (χ3v) is 4.98. The smallest absolute Gasteiger partial charge is 0.326 e. The molecule has 0 radical (unpaired) electrons. The van der Waals surface area contributed by atoms with Crippen molar-refractivity contribution in [3.63, 3.8) is 0 Å². The normalized spacial score (nSPS) is 18.2. The number of hydrogen-bond acceptors (Lipinski definition) is 6. The maximum atomic E-state index is 13.2. The number of urea groups is 1. The van der Waals surface area contributed by atoms with Gasteiger partial charge in [-0.25, -0.2) is 9.18 Å². The quantitative estimate of drug-likeness (QED) is 0.463. The standard InChI is InChI=1S/C21H18FN5O4/c1-21(14-2-4-15(22)5-3-14)19(29)27(20(30)24-21)11-18(28)31-12-16-10-17(26-25-16)13-6-8-23-9-7-13/h2-10H,11-12H2,1H3,(H,24,30)(H,25,26). The highest BCUT2D eigenvalue weighted by Gasteiger charge is 2.49. The van der Waals surface area contributed by atoms with E-state index in [4.69, 9.17) is 4.74 Å². The van der Waals surface area contributed by atoms with Gasteiger partial charge in [-0.2, -0.15) is 5.10 Å². The van der Waals surface area contributed by atoms with Crippen molar-refractivity contribution < 1.29 is 23.5 Å². The van der Waals surface area contributed by atoms with Crippen molar-refractivity contribution in [2.45, 2.75) is 19.1 Å². The average Bonchev–Trinajstić information content (AvgIpc) is 3.33. The number of hydrogen-bond donors (Lipinski definition) is 2. The Morgan fingerprint density at radius 1 is 1.16 bits per heavy atom. The van der Waals surface area contributed by atoms with Gasteiger partial charge in [0, 0.05) is 18.0 Å². The van der Waals surface area contributed by atoms with Gasteiger partial charge in [-0.3, -0.25) is 24.6 Å². The number of esters is 1. The summed E-state index contributed by atoms with van der Waals surface area (Å²) < 4.78 is 18.4. The molecule has 3 amide bonds. The van der Waals surface area contributed by atoms with Crippen molar-refractivity contribution in [2.24, 2.45) is 0 Å². The Morgan fingerprint density at radius 2 is 1.87 bits per heavy atom. The van der Waals surface area contributed by atoms with Crippen molar-refractivity contribution in [3.8, 4) is 11.3 Å². The summed E-state index contributed by atoms with van der Waals surface area (Å²) in [6.45, 7) is 0.847. The molecule has 2 N–H and O–H groups in total. The molecule has 0 saturated carbocycles. The summed E-state index contributed by atoms with van der Waals surface area (Å²) in [6, 6.07) is 9.80. The zero-order valence-electron chi connectivity index (χ0n) is 16.5. The van der Waals surface area contributed by atoms with Crippen LogP contribution in [-0.2, 0) is 26.5 Å². The molecule has 31 heavy (non-hydrogen) atoms. The number of halogens is 1. The van der Waals surface area contributed by atoms with E-state index in [1.807, 2.05) is 0 Å². The average molecular weight is 423 g/mol. The van der Waals surface area contributed by atoms with Gasteiger partial charge < -0.3 is 10.1 Å². The lowest BCUT2D eigenvalue weighted by Crippen LogP contribution is -2.41. The second kappa shape index (κ2) is 7.98. The molecule has 1 aromatic carbocycles. The molecule has 0 spiro atoms. The Morgan fingerprint density at radius 3 is 2.58 bits per heavy atom. The summed E-state index contributed by atoms with van der Waals surface area (Å²) in [7, 11) is 0. The molecule has 1 unspecified atom stereocenters. The molecule has 9 nitrogen and oxygen atoms in total. The maximum Gasteiger partial charge on any atom is 0.326 e. The number of H-pyrrole nitrogens is 1. The van der Waals surface area contributed by atoms with E-state index in [0.717, 1.165) is 10.5 Å². The van der Waals surface area contributed by atoms with Gasteiger partial charge in [-0.1, -0.05) is 12.1 Å². The van der Waals surface area contributed by atoms with Gasteiger partial charge in [0.2, 0.25) is 0 Å². The van der Waals surface area contributed by atoms with Gasteiger partial charge in [0.1, 0.15) is 24.5 Å². The van der Waals surface area contributed by atoms with Gasteiger partial charge in [0.05, 0.1) is 11.4 Å². The van der Waals surface area contributed by atoms with Crippen LogP contribution < -0.4 is 5.32 Å². The van der Waals surface area contributed by atoms with E-state index in [1.54, 1.807) is 30.6 Å². The Hall–Kier alpha value is -4.08. The summed E-state index contributed by atoms with van der Waals surface area (Å²) >= 11 is 0.